The third-order valence-electron chi connectivity index (χ3n) is 7.15. The van der Waals surface area contributed by atoms with Crippen LogP contribution in [0.1, 0.15) is 49.8 Å². The first kappa shape index (κ1) is 33.5. The summed E-state index contributed by atoms with van der Waals surface area (Å²) in [6, 6.07) is 18.1. The first-order valence-electron chi connectivity index (χ1n) is 14.9. The van der Waals surface area contributed by atoms with Gasteiger partial charge in [-0.1, -0.05) is 68.1 Å². The first-order valence-corrected chi connectivity index (χ1v) is 15.8. The number of urea groups is 1. The molecule has 3 amide bonds. The molecule has 0 radical (unpaired) electrons. The number of ether oxygens (including phenoxy) is 1. The number of aryl methyl sites for hydroxylation is 1. The Labute approximate surface area is 274 Å². The zero-order chi connectivity index (χ0) is 33.7. The van der Waals surface area contributed by atoms with Crippen LogP contribution >= 0.6 is 11.8 Å². The van der Waals surface area contributed by atoms with E-state index in [0.717, 1.165) is 27.9 Å². The minimum Gasteiger partial charge on any atom is -0.406 e. The number of benzene rings is 3. The number of thioether (sulfide) groups is 1. The number of anilines is 1. The van der Waals surface area contributed by atoms with E-state index in [1.165, 1.54) is 47.0 Å². The molecule has 1 aliphatic rings. The third-order valence-corrected chi connectivity index (χ3v) is 8.08. The van der Waals surface area contributed by atoms with Gasteiger partial charge in [0.15, 0.2) is 11.0 Å². The van der Waals surface area contributed by atoms with Crippen LogP contribution in [0.3, 0.4) is 0 Å². The van der Waals surface area contributed by atoms with Gasteiger partial charge in [0.05, 0.1) is 17.1 Å². The number of rotatable bonds is 9. The summed E-state index contributed by atoms with van der Waals surface area (Å²) in [4.78, 5) is 35.8. The van der Waals surface area contributed by atoms with Crippen LogP contribution in [0.4, 0.5) is 23.7 Å². The highest BCUT2D eigenvalue weighted by molar-refractivity contribution is 8.15. The van der Waals surface area contributed by atoms with Crippen LogP contribution < -0.4 is 15.0 Å². The minimum absolute atomic E-state index is 0.108. The minimum atomic E-state index is -4.76. The van der Waals surface area contributed by atoms with Crippen LogP contribution in [0.5, 0.6) is 5.75 Å². The van der Waals surface area contributed by atoms with Crippen LogP contribution in [0.2, 0.25) is 0 Å². The highest BCUT2D eigenvalue weighted by atomic mass is 32.2. The first-order chi connectivity index (χ1) is 22.4. The number of hydrogen-bond donors (Lipinski definition) is 1. The van der Waals surface area contributed by atoms with Crippen molar-refractivity contribution in [3.8, 4) is 22.8 Å². The van der Waals surface area contributed by atoms with Gasteiger partial charge in [0.1, 0.15) is 12.1 Å². The molecule has 1 aromatic heterocycles. The van der Waals surface area contributed by atoms with Crippen molar-refractivity contribution in [1.82, 2.24) is 20.1 Å². The molecule has 47 heavy (non-hydrogen) atoms. The maximum absolute atomic E-state index is 12.8. The van der Waals surface area contributed by atoms with E-state index in [-0.39, 0.29) is 29.4 Å². The monoisotopic (exact) mass is 662 g/mol. The Morgan fingerprint density at radius 1 is 1.11 bits per heavy atom. The molecule has 1 fully saturated rings. The summed E-state index contributed by atoms with van der Waals surface area (Å²) in [5.74, 6) is 0.425. The molecule has 5 rings (SSSR count). The van der Waals surface area contributed by atoms with Gasteiger partial charge in [-0.2, -0.15) is 4.99 Å². The van der Waals surface area contributed by atoms with Gasteiger partial charge in [-0.05, 0) is 79.3 Å². The molecule has 3 aromatic carbocycles. The summed E-state index contributed by atoms with van der Waals surface area (Å²) in [6.07, 6.45) is 1.12. The fraction of sp³-hybridized carbons (Fsp3) is 0.265. The molecule has 2 heterocycles. The Morgan fingerprint density at radius 2 is 1.87 bits per heavy atom. The second kappa shape index (κ2) is 14.2. The number of amides is 3. The van der Waals surface area contributed by atoms with Gasteiger partial charge in [-0.15, -0.1) is 18.3 Å². The molecule has 0 bridgehead atoms. The summed E-state index contributed by atoms with van der Waals surface area (Å²) < 4.78 is 42.7. The van der Waals surface area contributed by atoms with E-state index < -0.39 is 12.4 Å². The van der Waals surface area contributed by atoms with Gasteiger partial charge >= 0.3 is 12.4 Å². The molecule has 9 nitrogen and oxygen atoms in total. The second-order valence-electron chi connectivity index (χ2n) is 11.3. The summed E-state index contributed by atoms with van der Waals surface area (Å²) in [7, 11) is 0. The lowest BCUT2D eigenvalue weighted by atomic mass is 9.99. The smallest absolute Gasteiger partial charge is 0.406 e. The summed E-state index contributed by atoms with van der Waals surface area (Å²) >= 11 is 1.25. The van der Waals surface area contributed by atoms with Crippen LogP contribution in [-0.4, -0.2) is 50.0 Å². The number of halogens is 3. The fourth-order valence-electron chi connectivity index (χ4n) is 4.92. The number of carbonyl (C=O) groups excluding carboxylic acids is 2. The maximum atomic E-state index is 12.8. The summed E-state index contributed by atoms with van der Waals surface area (Å²) in [5, 5.41) is 7.71. The van der Waals surface area contributed by atoms with Gasteiger partial charge in [-0.25, -0.2) is 14.5 Å². The Balaban J connectivity index is 1.19. The molecular weight excluding hydrogens is 629 g/mol. The predicted octanol–water partition coefficient (Wildman–Crippen LogP) is 7.90. The van der Waals surface area contributed by atoms with Gasteiger partial charge in [0.25, 0.3) is 0 Å². The van der Waals surface area contributed by atoms with E-state index in [1.807, 2.05) is 68.5 Å². The molecule has 1 aliphatic heterocycles. The number of amidine groups is 1. The lowest BCUT2D eigenvalue weighted by Crippen LogP contribution is -2.34. The highest BCUT2D eigenvalue weighted by Crippen LogP contribution is 2.34. The molecule has 1 saturated heterocycles. The number of aromatic nitrogens is 3. The molecule has 4 aromatic rings. The zero-order valence-corrected chi connectivity index (χ0v) is 27.0. The van der Waals surface area contributed by atoms with Crippen molar-refractivity contribution < 1.29 is 27.5 Å². The second-order valence-corrected chi connectivity index (χ2v) is 12.2. The molecular formula is C34H33F3N6O3S. The van der Waals surface area contributed by atoms with Crippen molar-refractivity contribution in [1.29, 1.82) is 0 Å². The Morgan fingerprint density at radius 3 is 2.60 bits per heavy atom. The van der Waals surface area contributed by atoms with Gasteiger partial charge in [0, 0.05) is 11.6 Å². The third kappa shape index (κ3) is 8.67. The normalized spacial score (nSPS) is 15.2. The fourth-order valence-corrected chi connectivity index (χ4v) is 5.77. The largest absolute Gasteiger partial charge is 0.573 e. The van der Waals surface area contributed by atoms with E-state index in [9.17, 15) is 22.8 Å². The Kier molecular flexibility index (Phi) is 10.1. The van der Waals surface area contributed by atoms with Gasteiger partial charge in [-0.3, -0.25) is 9.69 Å². The molecule has 0 aliphatic carbocycles. The van der Waals surface area contributed by atoms with Crippen molar-refractivity contribution in [2.75, 3.05) is 10.7 Å². The molecule has 1 N–H and O–H groups in total. The molecule has 244 valence electrons. The van der Waals surface area contributed by atoms with Crippen molar-refractivity contribution in [2.24, 2.45) is 4.99 Å². The van der Waals surface area contributed by atoms with E-state index in [2.05, 4.69) is 39.0 Å². The predicted molar refractivity (Wildman–Crippen MR) is 178 cm³/mol. The zero-order valence-electron chi connectivity index (χ0n) is 26.2. The van der Waals surface area contributed by atoms with E-state index in [4.69, 9.17) is 0 Å². The number of nitrogens with one attached hydrogen (secondary N) is 1. The summed E-state index contributed by atoms with van der Waals surface area (Å²) in [5.41, 5.74) is 4.96. The molecule has 1 atom stereocenters. The lowest BCUT2D eigenvalue weighted by Gasteiger charge is -2.22. The van der Waals surface area contributed by atoms with Crippen molar-refractivity contribution in [3.05, 3.63) is 95.8 Å². The van der Waals surface area contributed by atoms with Crippen LogP contribution in [0.15, 0.2) is 84.1 Å². The number of carbonyl (C=O) groups is 2. The van der Waals surface area contributed by atoms with Crippen LogP contribution in [0, 0.1) is 6.92 Å². The summed E-state index contributed by atoms with van der Waals surface area (Å²) in [6.45, 7) is 7.97. The van der Waals surface area contributed by atoms with Crippen LogP contribution in [-0.2, 0) is 4.79 Å². The topological polar surface area (TPSA) is 102 Å². The Hall–Kier alpha value is -4.91. The molecule has 0 spiro atoms. The number of alkyl halides is 3. The highest BCUT2D eigenvalue weighted by Gasteiger charge is 2.33. The van der Waals surface area contributed by atoms with E-state index in [1.54, 1.807) is 4.90 Å². The molecule has 13 heteroatoms. The van der Waals surface area contributed by atoms with Crippen molar-refractivity contribution in [3.63, 3.8) is 0 Å². The van der Waals surface area contributed by atoms with E-state index >= 15 is 0 Å². The number of hydrogen-bond acceptors (Lipinski definition) is 6. The number of nitrogens with zero attached hydrogens (tertiary/aromatic N) is 5. The van der Waals surface area contributed by atoms with Gasteiger partial charge in [0.2, 0.25) is 5.91 Å². The maximum Gasteiger partial charge on any atom is 0.573 e. The van der Waals surface area contributed by atoms with E-state index in [0.29, 0.717) is 23.1 Å². The lowest BCUT2D eigenvalue weighted by molar-refractivity contribution is -0.274. The van der Waals surface area contributed by atoms with Crippen molar-refractivity contribution in [2.45, 2.75) is 52.4 Å². The quantitative estimate of drug-likeness (QED) is 0.196. The molecule has 0 saturated carbocycles. The standard InChI is InChI=1S/C34H33F3N6O3S/c1-21(2)28-16-11-22(3)17-29(28)43-30(44)19-47-33(43)40-32(45)39-23(4)7-5-8-24-9-6-10-25(18-24)31-38-20-42(41-31)26-12-14-27(15-13-26)46-34(35,36)37/h5-6,8-18,20-21,23H,7,19H2,1-4H3,(H,39,45)/b8-5-,40-33-. The van der Waals surface area contributed by atoms with Gasteiger partial charge < -0.3 is 10.1 Å². The average molecular weight is 663 g/mol. The number of aliphatic imine (C=N–C) groups is 1. The van der Waals surface area contributed by atoms with Crippen molar-refractivity contribution >= 4 is 40.6 Å². The Bertz CT molecular complexity index is 1820. The SMILES string of the molecule is Cc1ccc(C(C)C)c(N2C(=O)CS/C2=N\C(=O)NC(C)C/C=C\c2cccc(-c3ncn(-c4ccc(OC(F)(F)F)cc4)n3)c2)c1. The molecule has 1 unspecified atom stereocenters. The van der Waals surface area contributed by atoms with Crippen LogP contribution in [0.25, 0.3) is 23.2 Å². The average Bonchev–Trinajstić information content (AvgIpc) is 3.64.